The van der Waals surface area contributed by atoms with Gasteiger partial charge in [-0.15, -0.1) is 0 Å². The number of fused-ring (bicyclic) bond motifs is 1. The van der Waals surface area contributed by atoms with E-state index in [1.807, 2.05) is 0 Å². The van der Waals surface area contributed by atoms with Gasteiger partial charge in [-0.05, 0) is 96.2 Å². The highest BCUT2D eigenvalue weighted by Gasteiger charge is 2.34. The Morgan fingerprint density at radius 2 is 1.12 bits per heavy atom. The van der Waals surface area contributed by atoms with Gasteiger partial charge in [0.1, 0.15) is 0 Å². The summed E-state index contributed by atoms with van der Waals surface area (Å²) >= 11 is 0. The van der Waals surface area contributed by atoms with Crippen molar-refractivity contribution in [1.82, 2.24) is 20.0 Å². The fourth-order valence-corrected chi connectivity index (χ4v) is 5.98. The first-order chi connectivity index (χ1) is 20.5. The number of methoxy groups -OCH3 is 3. The Labute approximate surface area is 253 Å². The molecule has 3 N–H and O–H groups in total. The SMILES string of the molecule is COC1CCN(CCCN)CC1.COC1CCN(CCCN2C(=O)c3ccccc3C2=O)CC1.COC1CCNCC1. The molecule has 0 radical (unpaired) electrons. The van der Waals surface area contributed by atoms with Crippen molar-refractivity contribution in [1.29, 1.82) is 0 Å². The topological polar surface area (TPSA) is 110 Å². The number of hydrogen-bond acceptors (Lipinski definition) is 9. The van der Waals surface area contributed by atoms with Crippen molar-refractivity contribution in [3.05, 3.63) is 35.4 Å². The van der Waals surface area contributed by atoms with Gasteiger partial charge < -0.3 is 35.1 Å². The zero-order valence-corrected chi connectivity index (χ0v) is 26.2. The second-order valence-corrected chi connectivity index (χ2v) is 11.5. The maximum Gasteiger partial charge on any atom is 0.261 e. The molecule has 2 amide bonds. The predicted octanol–water partition coefficient (Wildman–Crippen LogP) is 2.61. The first-order valence-corrected chi connectivity index (χ1v) is 15.9. The van der Waals surface area contributed by atoms with Crippen molar-refractivity contribution in [2.24, 2.45) is 5.73 Å². The lowest BCUT2D eigenvalue weighted by Gasteiger charge is -2.31. The molecule has 3 saturated heterocycles. The van der Waals surface area contributed by atoms with E-state index < -0.39 is 0 Å². The number of imide groups is 1. The van der Waals surface area contributed by atoms with Crippen LogP contribution in [-0.2, 0) is 14.2 Å². The third-order valence-electron chi connectivity index (χ3n) is 8.77. The van der Waals surface area contributed by atoms with Crippen LogP contribution in [0.25, 0.3) is 0 Å². The van der Waals surface area contributed by atoms with Crippen LogP contribution >= 0.6 is 0 Å². The standard InChI is InChI=1S/C17H22N2O3.C9H20N2O.C6H13NO/c1-22-13-7-11-18(12-8-13)9-4-10-19-16(20)14-5-2-3-6-15(14)17(19)21;1-12-9-3-7-11(8-4-9)6-2-5-10;1-8-6-2-4-7-5-3-6/h2-3,5-6,13H,4,7-12H2,1H3;9H,2-8,10H2,1H3;6-7H,2-5H2,1H3. The second kappa shape index (κ2) is 19.4. The van der Waals surface area contributed by atoms with E-state index in [1.54, 1.807) is 45.6 Å². The Bertz CT molecular complexity index is 877. The third kappa shape index (κ3) is 11.0. The maximum atomic E-state index is 12.2. The van der Waals surface area contributed by atoms with E-state index in [2.05, 4.69) is 15.1 Å². The van der Waals surface area contributed by atoms with Crippen molar-refractivity contribution in [3.63, 3.8) is 0 Å². The molecule has 10 heteroatoms. The number of likely N-dealkylation sites (tertiary alicyclic amines) is 2. The highest BCUT2D eigenvalue weighted by Crippen LogP contribution is 2.22. The molecule has 1 aromatic carbocycles. The number of nitrogens with one attached hydrogen (secondary N) is 1. The summed E-state index contributed by atoms with van der Waals surface area (Å²) in [4.78, 5) is 30.7. The molecule has 0 unspecified atom stereocenters. The first kappa shape index (κ1) is 34.6. The Kier molecular flexibility index (Phi) is 15.9. The zero-order chi connectivity index (χ0) is 30.2. The van der Waals surface area contributed by atoms with E-state index in [4.69, 9.17) is 19.9 Å². The molecular formula is C32H55N5O5. The van der Waals surface area contributed by atoms with Gasteiger partial charge in [-0.1, -0.05) is 12.1 Å². The summed E-state index contributed by atoms with van der Waals surface area (Å²) in [6, 6.07) is 7.05. The Morgan fingerprint density at radius 1 is 0.690 bits per heavy atom. The van der Waals surface area contributed by atoms with E-state index in [0.717, 1.165) is 71.5 Å². The van der Waals surface area contributed by atoms with Crippen LogP contribution in [0.4, 0.5) is 0 Å². The van der Waals surface area contributed by atoms with Crippen LogP contribution in [0.5, 0.6) is 0 Å². The van der Waals surface area contributed by atoms with Crippen LogP contribution in [-0.4, -0.2) is 132 Å². The van der Waals surface area contributed by atoms with Gasteiger partial charge in [-0.2, -0.15) is 0 Å². The molecule has 0 aromatic heterocycles. The van der Waals surface area contributed by atoms with E-state index >= 15 is 0 Å². The molecule has 0 saturated carbocycles. The monoisotopic (exact) mass is 589 g/mol. The largest absolute Gasteiger partial charge is 0.381 e. The lowest BCUT2D eigenvalue weighted by molar-refractivity contribution is 0.0397. The number of carbonyl (C=O) groups excluding carboxylic acids is 2. The van der Waals surface area contributed by atoms with Crippen LogP contribution in [0.15, 0.2) is 24.3 Å². The molecule has 42 heavy (non-hydrogen) atoms. The summed E-state index contributed by atoms with van der Waals surface area (Å²) in [7, 11) is 5.36. The first-order valence-electron chi connectivity index (χ1n) is 15.9. The van der Waals surface area contributed by atoms with Crippen molar-refractivity contribution in [2.45, 2.75) is 69.7 Å². The highest BCUT2D eigenvalue weighted by atomic mass is 16.5. The minimum atomic E-state index is -0.154. The molecule has 0 atom stereocenters. The lowest BCUT2D eigenvalue weighted by atomic mass is 10.1. The van der Waals surface area contributed by atoms with Gasteiger partial charge in [0, 0.05) is 54.1 Å². The molecule has 0 spiro atoms. The molecule has 4 heterocycles. The average Bonchev–Trinajstić information content (AvgIpc) is 3.30. The number of ether oxygens (including phenoxy) is 3. The van der Waals surface area contributed by atoms with Crippen molar-refractivity contribution < 1.29 is 23.8 Å². The number of amides is 2. The number of nitrogens with zero attached hydrogens (tertiary/aromatic N) is 3. The highest BCUT2D eigenvalue weighted by molar-refractivity contribution is 6.21. The molecule has 238 valence electrons. The quantitative estimate of drug-likeness (QED) is 0.398. The Morgan fingerprint density at radius 3 is 1.52 bits per heavy atom. The molecule has 3 fully saturated rings. The zero-order valence-electron chi connectivity index (χ0n) is 26.2. The molecule has 5 rings (SSSR count). The Hall–Kier alpha value is -1.92. The fraction of sp³-hybridized carbons (Fsp3) is 0.750. The third-order valence-corrected chi connectivity index (χ3v) is 8.77. The molecule has 4 aliphatic heterocycles. The molecule has 0 aliphatic carbocycles. The van der Waals surface area contributed by atoms with Crippen molar-refractivity contribution in [3.8, 4) is 0 Å². The molecular weight excluding hydrogens is 534 g/mol. The molecule has 4 aliphatic rings. The number of piperidine rings is 3. The summed E-state index contributed by atoms with van der Waals surface area (Å²) in [6.45, 7) is 10.0. The number of carbonyl (C=O) groups is 2. The maximum absolute atomic E-state index is 12.2. The molecule has 10 nitrogen and oxygen atoms in total. The van der Waals surface area contributed by atoms with Crippen molar-refractivity contribution >= 4 is 11.8 Å². The Balaban J connectivity index is 0.000000202. The van der Waals surface area contributed by atoms with Crippen LogP contribution in [0.3, 0.4) is 0 Å². The van der Waals surface area contributed by atoms with Gasteiger partial charge in [-0.25, -0.2) is 0 Å². The normalized spacial score (nSPS) is 21.0. The van der Waals surface area contributed by atoms with Crippen LogP contribution in [0, 0.1) is 0 Å². The van der Waals surface area contributed by atoms with Crippen molar-refractivity contribution in [2.75, 3.05) is 86.8 Å². The number of benzene rings is 1. The van der Waals surface area contributed by atoms with E-state index in [1.165, 1.54) is 43.7 Å². The van der Waals surface area contributed by atoms with E-state index in [-0.39, 0.29) is 11.8 Å². The lowest BCUT2D eigenvalue weighted by Crippen LogP contribution is -2.39. The van der Waals surface area contributed by atoms with Crippen LogP contribution in [0.1, 0.15) is 72.1 Å². The van der Waals surface area contributed by atoms with Gasteiger partial charge in [0.15, 0.2) is 0 Å². The number of nitrogens with two attached hydrogens (primary N) is 1. The predicted molar refractivity (Wildman–Crippen MR) is 166 cm³/mol. The minimum Gasteiger partial charge on any atom is -0.381 e. The van der Waals surface area contributed by atoms with E-state index in [9.17, 15) is 9.59 Å². The van der Waals surface area contributed by atoms with E-state index in [0.29, 0.717) is 36.0 Å². The smallest absolute Gasteiger partial charge is 0.261 e. The van der Waals surface area contributed by atoms with Gasteiger partial charge in [-0.3, -0.25) is 14.5 Å². The second-order valence-electron chi connectivity index (χ2n) is 11.5. The summed E-state index contributed by atoms with van der Waals surface area (Å²) < 4.78 is 15.8. The summed E-state index contributed by atoms with van der Waals surface area (Å²) in [6.07, 6.45) is 10.2. The molecule has 1 aromatic rings. The van der Waals surface area contributed by atoms with Crippen LogP contribution < -0.4 is 11.1 Å². The van der Waals surface area contributed by atoms with Gasteiger partial charge >= 0.3 is 0 Å². The number of hydrogen-bond donors (Lipinski definition) is 2. The van der Waals surface area contributed by atoms with Gasteiger partial charge in [0.2, 0.25) is 0 Å². The van der Waals surface area contributed by atoms with Crippen LogP contribution in [0.2, 0.25) is 0 Å². The average molecular weight is 590 g/mol. The van der Waals surface area contributed by atoms with Gasteiger partial charge in [0.25, 0.3) is 11.8 Å². The summed E-state index contributed by atoms with van der Waals surface area (Å²) in [5.41, 5.74) is 6.52. The minimum absolute atomic E-state index is 0.154. The number of rotatable bonds is 10. The summed E-state index contributed by atoms with van der Waals surface area (Å²) in [5, 5.41) is 3.27. The summed E-state index contributed by atoms with van der Waals surface area (Å²) in [5.74, 6) is -0.308. The fourth-order valence-electron chi connectivity index (χ4n) is 5.98. The van der Waals surface area contributed by atoms with Gasteiger partial charge in [0.05, 0.1) is 29.4 Å². The molecule has 0 bridgehead atoms.